The molecule has 2 heterocycles. The Bertz CT molecular complexity index is 1140. The van der Waals surface area contributed by atoms with E-state index in [0.29, 0.717) is 36.2 Å². The Hall–Kier alpha value is -1.84. The van der Waals surface area contributed by atoms with Crippen molar-refractivity contribution in [3.63, 3.8) is 0 Å². The fraction of sp³-hybridized carbons (Fsp3) is 0.250. The average Bonchev–Trinajstić information content (AvgIpc) is 3.23. The van der Waals surface area contributed by atoms with Crippen molar-refractivity contribution in [3.8, 4) is 17.0 Å². The highest BCUT2D eigenvalue weighted by Crippen LogP contribution is 2.31. The third-order valence-electron chi connectivity index (χ3n) is 4.84. The first-order valence-electron chi connectivity index (χ1n) is 9.18. The van der Waals surface area contributed by atoms with Crippen molar-refractivity contribution in [1.82, 2.24) is 9.29 Å². The second-order valence-corrected chi connectivity index (χ2v) is 10.4. The van der Waals surface area contributed by atoms with Crippen molar-refractivity contribution < 1.29 is 13.2 Å². The van der Waals surface area contributed by atoms with E-state index in [2.05, 4.69) is 4.90 Å². The third kappa shape index (κ3) is 4.43. The first-order valence-corrected chi connectivity index (χ1v) is 12.3. The van der Waals surface area contributed by atoms with E-state index in [0.717, 1.165) is 22.1 Å². The number of thiazole rings is 1. The summed E-state index contributed by atoms with van der Waals surface area (Å²) in [5, 5.41) is 3.47. The van der Waals surface area contributed by atoms with Crippen LogP contribution in [0.3, 0.4) is 0 Å². The lowest BCUT2D eigenvalue weighted by Gasteiger charge is -2.33. The van der Waals surface area contributed by atoms with Crippen LogP contribution in [0, 0.1) is 0 Å². The molecule has 0 aliphatic carbocycles. The van der Waals surface area contributed by atoms with E-state index in [-0.39, 0.29) is 4.90 Å². The minimum atomic E-state index is -3.65. The number of benzene rings is 2. The van der Waals surface area contributed by atoms with Gasteiger partial charge in [0.05, 0.1) is 17.7 Å². The molecule has 1 aliphatic heterocycles. The van der Waals surface area contributed by atoms with Crippen LogP contribution >= 0.6 is 34.5 Å². The highest BCUT2D eigenvalue weighted by Gasteiger charge is 2.30. The van der Waals surface area contributed by atoms with Gasteiger partial charge in [-0.25, -0.2) is 13.4 Å². The van der Waals surface area contributed by atoms with Crippen molar-refractivity contribution in [2.24, 2.45) is 0 Å². The Labute approximate surface area is 189 Å². The molecule has 30 heavy (non-hydrogen) atoms. The Morgan fingerprint density at radius 1 is 1.03 bits per heavy atom. The van der Waals surface area contributed by atoms with Crippen molar-refractivity contribution >= 4 is 49.7 Å². The van der Waals surface area contributed by atoms with E-state index in [1.807, 2.05) is 29.6 Å². The number of hydrogen-bond acceptors (Lipinski definition) is 6. The monoisotopic (exact) mass is 483 g/mol. The summed E-state index contributed by atoms with van der Waals surface area (Å²) < 4.78 is 32.6. The predicted molar refractivity (Wildman–Crippen MR) is 122 cm³/mol. The molecule has 2 aromatic carbocycles. The van der Waals surface area contributed by atoms with E-state index < -0.39 is 10.0 Å². The summed E-state index contributed by atoms with van der Waals surface area (Å²) in [6, 6.07) is 12.1. The molecule has 0 atom stereocenters. The van der Waals surface area contributed by atoms with Crippen molar-refractivity contribution in [2.75, 3.05) is 38.2 Å². The zero-order chi connectivity index (χ0) is 21.3. The fourth-order valence-electron chi connectivity index (χ4n) is 3.27. The number of halogens is 2. The lowest BCUT2D eigenvalue weighted by molar-refractivity contribution is 0.385. The van der Waals surface area contributed by atoms with Gasteiger partial charge in [-0.1, -0.05) is 35.3 Å². The number of sulfonamides is 1. The largest absolute Gasteiger partial charge is 0.497 e. The molecule has 1 saturated heterocycles. The zero-order valence-electron chi connectivity index (χ0n) is 16.1. The topological polar surface area (TPSA) is 62.7 Å². The fourth-order valence-corrected chi connectivity index (χ4v) is 6.31. The molecule has 4 rings (SSSR count). The highest BCUT2D eigenvalue weighted by molar-refractivity contribution is 7.89. The first kappa shape index (κ1) is 21.4. The van der Waals surface area contributed by atoms with Crippen molar-refractivity contribution in [3.05, 3.63) is 57.9 Å². The molecule has 0 saturated carbocycles. The summed E-state index contributed by atoms with van der Waals surface area (Å²) >= 11 is 13.5. The van der Waals surface area contributed by atoms with Gasteiger partial charge in [0.15, 0.2) is 5.13 Å². The summed E-state index contributed by atoms with van der Waals surface area (Å²) in [6.45, 7) is 1.83. The molecule has 0 amide bonds. The van der Waals surface area contributed by atoms with Crippen LogP contribution < -0.4 is 9.64 Å². The van der Waals surface area contributed by atoms with Gasteiger partial charge in [0.1, 0.15) is 5.75 Å². The van der Waals surface area contributed by atoms with E-state index in [1.54, 1.807) is 18.4 Å². The average molecular weight is 484 g/mol. The highest BCUT2D eigenvalue weighted by atomic mass is 35.5. The number of ether oxygens (including phenoxy) is 1. The van der Waals surface area contributed by atoms with Crippen molar-refractivity contribution in [1.29, 1.82) is 0 Å². The van der Waals surface area contributed by atoms with Crippen LogP contribution in [0.25, 0.3) is 11.3 Å². The molecule has 10 heteroatoms. The lowest BCUT2D eigenvalue weighted by atomic mass is 10.2. The van der Waals surface area contributed by atoms with Gasteiger partial charge in [0, 0.05) is 47.2 Å². The Morgan fingerprint density at radius 2 is 1.73 bits per heavy atom. The smallest absolute Gasteiger partial charge is 0.243 e. The van der Waals surface area contributed by atoms with E-state index in [4.69, 9.17) is 32.9 Å². The second-order valence-electron chi connectivity index (χ2n) is 6.74. The van der Waals surface area contributed by atoms with Crippen LogP contribution in [0.1, 0.15) is 0 Å². The van der Waals surface area contributed by atoms with Crippen LogP contribution in [0.4, 0.5) is 5.13 Å². The van der Waals surface area contributed by atoms with Crippen molar-refractivity contribution in [2.45, 2.75) is 4.90 Å². The van der Waals surface area contributed by atoms with Gasteiger partial charge in [-0.3, -0.25) is 0 Å². The molecular formula is C20H19Cl2N3O3S2. The molecule has 1 aliphatic rings. The van der Waals surface area contributed by atoms with E-state index in [9.17, 15) is 8.42 Å². The van der Waals surface area contributed by atoms with Gasteiger partial charge in [0.25, 0.3) is 0 Å². The van der Waals surface area contributed by atoms with E-state index >= 15 is 0 Å². The third-order valence-corrected chi connectivity index (χ3v) is 8.05. The summed E-state index contributed by atoms with van der Waals surface area (Å²) in [6.07, 6.45) is 0. The maximum Gasteiger partial charge on any atom is 0.243 e. The molecule has 0 N–H and O–H groups in total. The summed E-state index contributed by atoms with van der Waals surface area (Å²) in [5.41, 5.74) is 1.86. The Balaban J connectivity index is 1.46. The van der Waals surface area contributed by atoms with Gasteiger partial charge >= 0.3 is 0 Å². The number of nitrogens with zero attached hydrogens (tertiary/aromatic N) is 3. The van der Waals surface area contributed by atoms with Crippen LogP contribution in [-0.4, -0.2) is 51.0 Å². The number of piperazine rings is 1. The molecule has 6 nitrogen and oxygen atoms in total. The summed E-state index contributed by atoms with van der Waals surface area (Å²) in [7, 11) is -2.02. The Kier molecular flexibility index (Phi) is 6.22. The SMILES string of the molecule is COc1cccc(-c2csc(N3CCN(S(=O)(=O)c4cc(Cl)cc(Cl)c4)CC3)n2)c1. The zero-order valence-corrected chi connectivity index (χ0v) is 19.2. The van der Waals surface area contributed by atoms with Gasteiger partial charge in [-0.15, -0.1) is 11.3 Å². The minimum Gasteiger partial charge on any atom is -0.497 e. The minimum absolute atomic E-state index is 0.114. The second kappa shape index (κ2) is 8.72. The van der Waals surface area contributed by atoms with Crippen LogP contribution in [0.15, 0.2) is 52.7 Å². The maximum atomic E-state index is 12.9. The summed E-state index contributed by atoms with van der Waals surface area (Å²) in [5.74, 6) is 0.780. The molecular weight excluding hydrogens is 465 g/mol. The first-order chi connectivity index (χ1) is 14.4. The van der Waals surface area contributed by atoms with Crippen LogP contribution in [0.5, 0.6) is 5.75 Å². The number of anilines is 1. The van der Waals surface area contributed by atoms with Crippen LogP contribution in [-0.2, 0) is 10.0 Å². The molecule has 0 radical (unpaired) electrons. The quantitative estimate of drug-likeness (QED) is 0.528. The normalized spacial score (nSPS) is 15.4. The molecule has 3 aromatic rings. The lowest BCUT2D eigenvalue weighted by Crippen LogP contribution is -2.48. The van der Waals surface area contributed by atoms with Gasteiger partial charge in [-0.2, -0.15) is 4.31 Å². The number of rotatable bonds is 5. The molecule has 1 fully saturated rings. The molecule has 158 valence electrons. The Morgan fingerprint density at radius 3 is 2.40 bits per heavy atom. The standard InChI is InChI=1S/C20H19Cl2N3O3S2/c1-28-17-4-2-3-14(9-17)19-13-29-20(23-19)24-5-7-25(8-6-24)30(26,27)18-11-15(21)10-16(22)12-18/h2-4,9-13H,5-8H2,1H3. The predicted octanol–water partition coefficient (Wildman–Crippen LogP) is 4.64. The summed E-state index contributed by atoms with van der Waals surface area (Å²) in [4.78, 5) is 6.95. The molecule has 0 bridgehead atoms. The molecule has 0 unspecified atom stereocenters. The van der Waals surface area contributed by atoms with Gasteiger partial charge in [-0.05, 0) is 30.3 Å². The van der Waals surface area contributed by atoms with Gasteiger partial charge in [0.2, 0.25) is 10.0 Å². The molecule has 0 spiro atoms. The van der Waals surface area contributed by atoms with Crippen LogP contribution in [0.2, 0.25) is 10.0 Å². The van der Waals surface area contributed by atoms with Gasteiger partial charge < -0.3 is 9.64 Å². The molecule has 1 aromatic heterocycles. The number of aromatic nitrogens is 1. The number of hydrogen-bond donors (Lipinski definition) is 0. The maximum absolute atomic E-state index is 12.9. The number of methoxy groups -OCH3 is 1. The van der Waals surface area contributed by atoms with E-state index in [1.165, 1.54) is 22.5 Å².